The summed E-state index contributed by atoms with van der Waals surface area (Å²) < 4.78 is 13.4. The summed E-state index contributed by atoms with van der Waals surface area (Å²) in [7, 11) is 0. The van der Waals surface area contributed by atoms with Gasteiger partial charge in [-0.05, 0) is 18.6 Å². The molecule has 0 radical (unpaired) electrons. The van der Waals surface area contributed by atoms with Gasteiger partial charge in [-0.2, -0.15) is 0 Å². The molecule has 0 spiro atoms. The lowest BCUT2D eigenvalue weighted by Crippen LogP contribution is -2.37. The van der Waals surface area contributed by atoms with Crippen molar-refractivity contribution in [1.29, 1.82) is 0 Å². The van der Waals surface area contributed by atoms with Crippen LogP contribution in [0.1, 0.15) is 13.3 Å². The summed E-state index contributed by atoms with van der Waals surface area (Å²) in [6.45, 7) is 1.94. The summed E-state index contributed by atoms with van der Waals surface area (Å²) in [6.07, 6.45) is 0.684. The van der Waals surface area contributed by atoms with Crippen molar-refractivity contribution in [3.8, 4) is 0 Å². The minimum absolute atomic E-state index is 0.0359. The van der Waals surface area contributed by atoms with E-state index < -0.39 is 5.97 Å². The van der Waals surface area contributed by atoms with Crippen LogP contribution in [-0.4, -0.2) is 40.7 Å². The van der Waals surface area contributed by atoms with E-state index in [4.69, 9.17) is 5.11 Å². The molecule has 0 saturated carbocycles. The van der Waals surface area contributed by atoms with Gasteiger partial charge < -0.3 is 10.0 Å². The molecule has 1 rings (SSSR count). The van der Waals surface area contributed by atoms with Gasteiger partial charge in [0.1, 0.15) is 12.4 Å². The Kier molecular flexibility index (Phi) is 6.35. The van der Waals surface area contributed by atoms with Crippen molar-refractivity contribution >= 4 is 23.6 Å². The molecule has 0 fully saturated rings. The average Bonchev–Trinajstić information content (AvgIpc) is 2.36. The molecule has 0 aromatic heterocycles. The number of halogens is 1. The molecule has 0 aliphatic rings. The number of hydrogen-bond donors (Lipinski definition) is 1. The van der Waals surface area contributed by atoms with Gasteiger partial charge in [0.15, 0.2) is 0 Å². The van der Waals surface area contributed by atoms with Crippen molar-refractivity contribution in [1.82, 2.24) is 4.90 Å². The second-order valence-corrected chi connectivity index (χ2v) is 4.95. The Labute approximate surface area is 115 Å². The lowest BCUT2D eigenvalue weighted by atomic mass is 10.3. The predicted octanol–water partition coefficient (Wildman–Crippen LogP) is 2.24. The third-order valence-electron chi connectivity index (χ3n) is 2.36. The minimum Gasteiger partial charge on any atom is -0.480 e. The van der Waals surface area contributed by atoms with Crippen LogP contribution in [0.4, 0.5) is 4.39 Å². The number of carbonyl (C=O) groups excluding carboxylic acids is 1. The van der Waals surface area contributed by atoms with E-state index in [1.54, 1.807) is 18.2 Å². The molecule has 4 nitrogen and oxygen atoms in total. The van der Waals surface area contributed by atoms with E-state index in [0.717, 1.165) is 11.8 Å². The van der Waals surface area contributed by atoms with E-state index >= 15 is 0 Å². The lowest BCUT2D eigenvalue weighted by molar-refractivity contribution is -0.143. The third kappa shape index (κ3) is 5.30. The molecule has 0 saturated heterocycles. The number of hydrogen-bond acceptors (Lipinski definition) is 3. The van der Waals surface area contributed by atoms with Crippen molar-refractivity contribution in [2.45, 2.75) is 18.2 Å². The predicted molar refractivity (Wildman–Crippen MR) is 71.6 cm³/mol. The standard InChI is InChI=1S/C13H16FNO3S/c1-2-7-15(8-13(17)18)12(16)9-19-11-6-4-3-5-10(11)14/h3-6H,2,7-9H2,1H3,(H,17,18). The van der Waals surface area contributed by atoms with Gasteiger partial charge in [0.2, 0.25) is 5.91 Å². The first kappa shape index (κ1) is 15.5. The van der Waals surface area contributed by atoms with Crippen molar-refractivity contribution in [3.05, 3.63) is 30.1 Å². The van der Waals surface area contributed by atoms with Crippen LogP contribution in [0.15, 0.2) is 29.2 Å². The second kappa shape index (κ2) is 7.78. The van der Waals surface area contributed by atoms with Crippen LogP contribution in [0.2, 0.25) is 0 Å². The van der Waals surface area contributed by atoms with E-state index in [0.29, 0.717) is 17.9 Å². The highest BCUT2D eigenvalue weighted by Crippen LogP contribution is 2.21. The van der Waals surface area contributed by atoms with E-state index in [1.807, 2.05) is 6.92 Å². The number of carbonyl (C=O) groups is 2. The highest BCUT2D eigenvalue weighted by atomic mass is 32.2. The number of amides is 1. The van der Waals surface area contributed by atoms with Crippen LogP contribution in [0, 0.1) is 5.82 Å². The van der Waals surface area contributed by atoms with Crippen LogP contribution < -0.4 is 0 Å². The van der Waals surface area contributed by atoms with Crippen LogP contribution in [0.25, 0.3) is 0 Å². The smallest absolute Gasteiger partial charge is 0.323 e. The molecule has 19 heavy (non-hydrogen) atoms. The zero-order valence-electron chi connectivity index (χ0n) is 10.6. The minimum atomic E-state index is -1.04. The fraction of sp³-hybridized carbons (Fsp3) is 0.385. The maximum atomic E-state index is 13.4. The van der Waals surface area contributed by atoms with Gasteiger partial charge >= 0.3 is 5.97 Å². The number of benzene rings is 1. The number of thioether (sulfide) groups is 1. The molecule has 0 aliphatic heterocycles. The molecule has 0 bridgehead atoms. The molecule has 104 valence electrons. The molecule has 6 heteroatoms. The van der Waals surface area contributed by atoms with Crippen molar-refractivity contribution < 1.29 is 19.1 Å². The summed E-state index contributed by atoms with van der Waals surface area (Å²) >= 11 is 1.08. The van der Waals surface area contributed by atoms with E-state index in [-0.39, 0.29) is 24.0 Å². The largest absolute Gasteiger partial charge is 0.480 e. The highest BCUT2D eigenvalue weighted by Gasteiger charge is 2.16. The third-order valence-corrected chi connectivity index (χ3v) is 3.39. The second-order valence-electron chi connectivity index (χ2n) is 3.93. The molecule has 0 unspecified atom stereocenters. The Morgan fingerprint density at radius 3 is 2.63 bits per heavy atom. The Balaban J connectivity index is 2.57. The fourth-order valence-electron chi connectivity index (χ4n) is 1.52. The van der Waals surface area contributed by atoms with Crippen LogP contribution in [0.5, 0.6) is 0 Å². The summed E-state index contributed by atoms with van der Waals surface area (Å²) in [5, 5.41) is 8.73. The highest BCUT2D eigenvalue weighted by molar-refractivity contribution is 8.00. The molecule has 0 atom stereocenters. The zero-order chi connectivity index (χ0) is 14.3. The van der Waals surface area contributed by atoms with Crippen LogP contribution >= 0.6 is 11.8 Å². The zero-order valence-corrected chi connectivity index (χ0v) is 11.5. The normalized spacial score (nSPS) is 10.2. The van der Waals surface area contributed by atoms with Gasteiger partial charge in [-0.3, -0.25) is 9.59 Å². The van der Waals surface area contributed by atoms with Crippen molar-refractivity contribution in [2.24, 2.45) is 0 Å². The first-order valence-electron chi connectivity index (χ1n) is 5.91. The molecular weight excluding hydrogens is 269 g/mol. The summed E-state index contributed by atoms with van der Waals surface area (Å²) in [5.74, 6) is -1.68. The molecule has 1 amide bonds. The Morgan fingerprint density at radius 2 is 2.05 bits per heavy atom. The fourth-order valence-corrected chi connectivity index (χ4v) is 2.36. The first-order chi connectivity index (χ1) is 9.04. The summed E-state index contributed by atoms with van der Waals surface area (Å²) in [6, 6.07) is 6.19. The van der Waals surface area contributed by atoms with Gasteiger partial charge in [-0.15, -0.1) is 11.8 Å². The van der Waals surface area contributed by atoms with Gasteiger partial charge in [-0.1, -0.05) is 19.1 Å². The topological polar surface area (TPSA) is 57.6 Å². The van der Waals surface area contributed by atoms with E-state index in [2.05, 4.69) is 0 Å². The number of rotatable bonds is 7. The van der Waals surface area contributed by atoms with E-state index in [9.17, 15) is 14.0 Å². The number of carboxylic acid groups (broad SMARTS) is 1. The van der Waals surface area contributed by atoms with Gasteiger partial charge in [0, 0.05) is 11.4 Å². The van der Waals surface area contributed by atoms with Crippen molar-refractivity contribution in [3.63, 3.8) is 0 Å². The monoisotopic (exact) mass is 285 g/mol. The molecule has 1 N–H and O–H groups in total. The summed E-state index contributed by atoms with van der Waals surface area (Å²) in [5.41, 5.74) is 0. The SMILES string of the molecule is CCCN(CC(=O)O)C(=O)CSc1ccccc1F. The maximum Gasteiger partial charge on any atom is 0.323 e. The maximum absolute atomic E-state index is 13.4. The molecule has 1 aromatic rings. The molecule has 0 aliphatic carbocycles. The number of carboxylic acids is 1. The Morgan fingerprint density at radius 1 is 1.37 bits per heavy atom. The summed E-state index contributed by atoms with van der Waals surface area (Å²) in [4.78, 5) is 24.2. The lowest BCUT2D eigenvalue weighted by Gasteiger charge is -2.19. The van der Waals surface area contributed by atoms with Crippen molar-refractivity contribution in [2.75, 3.05) is 18.8 Å². The van der Waals surface area contributed by atoms with Crippen LogP contribution in [0.3, 0.4) is 0 Å². The van der Waals surface area contributed by atoms with E-state index in [1.165, 1.54) is 11.0 Å². The van der Waals surface area contributed by atoms with Crippen LogP contribution in [-0.2, 0) is 9.59 Å². The quantitative estimate of drug-likeness (QED) is 0.781. The van der Waals surface area contributed by atoms with Gasteiger partial charge in [0.25, 0.3) is 0 Å². The molecule has 0 heterocycles. The molecule has 1 aromatic carbocycles. The number of nitrogens with zero attached hydrogens (tertiary/aromatic N) is 1. The Hall–Kier alpha value is -1.56. The average molecular weight is 285 g/mol. The first-order valence-corrected chi connectivity index (χ1v) is 6.90. The van der Waals surface area contributed by atoms with Gasteiger partial charge in [-0.25, -0.2) is 4.39 Å². The molecular formula is C13H16FNO3S. The van der Waals surface area contributed by atoms with Gasteiger partial charge in [0.05, 0.1) is 5.75 Å². The Bertz CT molecular complexity index is 453. The number of aliphatic carboxylic acids is 1.